The summed E-state index contributed by atoms with van der Waals surface area (Å²) in [5, 5.41) is 3.74. The lowest BCUT2D eigenvalue weighted by molar-refractivity contribution is -0.137. The Morgan fingerprint density at radius 2 is 1.93 bits per heavy atom. The van der Waals surface area contributed by atoms with Crippen molar-refractivity contribution in [1.82, 2.24) is 19.7 Å². The van der Waals surface area contributed by atoms with Crippen molar-refractivity contribution in [3.63, 3.8) is 0 Å². The molecular formula is C17H17ClF3N5O2. The van der Waals surface area contributed by atoms with Crippen molar-refractivity contribution >= 4 is 23.2 Å². The summed E-state index contributed by atoms with van der Waals surface area (Å²) in [5.74, 6) is -0.174. The van der Waals surface area contributed by atoms with E-state index in [1.165, 1.54) is 11.1 Å². The Morgan fingerprint density at radius 3 is 2.50 bits per heavy atom. The van der Waals surface area contributed by atoms with Gasteiger partial charge in [-0.2, -0.15) is 23.0 Å². The molecule has 0 unspecified atom stereocenters. The molecule has 0 N–H and O–H groups in total. The Morgan fingerprint density at radius 1 is 1.25 bits per heavy atom. The molecule has 0 bridgehead atoms. The summed E-state index contributed by atoms with van der Waals surface area (Å²) in [5.41, 5.74) is -1.43. The molecule has 1 aliphatic rings. The van der Waals surface area contributed by atoms with Gasteiger partial charge in [-0.05, 0) is 25.0 Å². The molecule has 1 saturated heterocycles. The molecule has 2 aromatic heterocycles. The average molecular weight is 416 g/mol. The molecule has 1 aliphatic heterocycles. The third-order valence-electron chi connectivity index (χ3n) is 4.44. The number of likely N-dealkylation sites (N-methyl/N-ethyl adjacent to an activating group) is 1. The fraction of sp³-hybridized carbons (Fsp3) is 0.412. The number of rotatable bonds is 4. The molecule has 0 saturated carbocycles. The number of anilines is 1. The lowest BCUT2D eigenvalue weighted by Crippen LogP contribution is -2.38. The summed E-state index contributed by atoms with van der Waals surface area (Å²) in [6, 6.07) is 1.84. The number of halogens is 4. The number of amides is 1. The van der Waals surface area contributed by atoms with E-state index in [1.807, 2.05) is 0 Å². The summed E-state index contributed by atoms with van der Waals surface area (Å²) >= 11 is 6.14. The van der Waals surface area contributed by atoms with Crippen LogP contribution < -0.4 is 10.5 Å². The van der Waals surface area contributed by atoms with Crippen LogP contribution in [-0.4, -0.2) is 52.3 Å². The van der Waals surface area contributed by atoms with E-state index in [4.69, 9.17) is 11.6 Å². The molecular weight excluding hydrogens is 399 g/mol. The average Bonchev–Trinajstić information content (AvgIpc) is 3.18. The van der Waals surface area contributed by atoms with Crippen LogP contribution in [0.15, 0.2) is 29.3 Å². The summed E-state index contributed by atoms with van der Waals surface area (Å²) in [7, 11) is 1.61. The fourth-order valence-corrected chi connectivity index (χ4v) is 3.16. The number of pyridine rings is 1. The van der Waals surface area contributed by atoms with Crippen LogP contribution in [0.4, 0.5) is 18.9 Å². The highest BCUT2D eigenvalue weighted by atomic mass is 35.5. The van der Waals surface area contributed by atoms with Gasteiger partial charge in [0.1, 0.15) is 5.02 Å². The fourth-order valence-electron chi connectivity index (χ4n) is 2.89. The van der Waals surface area contributed by atoms with Crippen molar-refractivity contribution in [2.24, 2.45) is 0 Å². The van der Waals surface area contributed by atoms with E-state index in [-0.39, 0.29) is 29.0 Å². The summed E-state index contributed by atoms with van der Waals surface area (Å²) in [6.45, 7) is 1.45. The topological polar surface area (TPSA) is 71.3 Å². The minimum Gasteiger partial charge on any atom is -0.363 e. The van der Waals surface area contributed by atoms with Crippen molar-refractivity contribution in [3.05, 3.63) is 45.5 Å². The summed E-state index contributed by atoms with van der Waals surface area (Å²) < 4.78 is 38.7. The standard InChI is InChI=1S/C17H17ClF3N5O2/c1-24(10-14(27)25-6-2-3-7-25)12-9-23-26(16(28)15(12)18)13-5-4-11(8-22-13)17(19,20)21/h4-5,8-9H,2-3,6-7,10H2,1H3. The van der Waals surface area contributed by atoms with Gasteiger partial charge in [-0.15, -0.1) is 0 Å². The first-order valence-electron chi connectivity index (χ1n) is 8.49. The molecule has 1 amide bonds. The van der Waals surface area contributed by atoms with Crippen LogP contribution in [0.3, 0.4) is 0 Å². The Hall–Kier alpha value is -2.62. The normalized spacial score (nSPS) is 14.4. The van der Waals surface area contributed by atoms with Gasteiger partial charge in [-0.25, -0.2) is 4.98 Å². The van der Waals surface area contributed by atoms with Crippen LogP contribution in [0.25, 0.3) is 5.82 Å². The van der Waals surface area contributed by atoms with Crippen molar-refractivity contribution < 1.29 is 18.0 Å². The first-order chi connectivity index (χ1) is 13.2. The van der Waals surface area contributed by atoms with E-state index in [0.29, 0.717) is 19.3 Å². The van der Waals surface area contributed by atoms with Crippen molar-refractivity contribution in [3.8, 4) is 5.82 Å². The van der Waals surface area contributed by atoms with Crippen LogP contribution in [0, 0.1) is 0 Å². The van der Waals surface area contributed by atoms with E-state index in [2.05, 4.69) is 10.1 Å². The summed E-state index contributed by atoms with van der Waals surface area (Å²) in [6.07, 6.45) is -0.704. The van der Waals surface area contributed by atoms with Gasteiger partial charge < -0.3 is 9.80 Å². The Balaban J connectivity index is 1.82. The van der Waals surface area contributed by atoms with Crippen LogP contribution in [-0.2, 0) is 11.0 Å². The minimum atomic E-state index is -4.53. The predicted octanol–water partition coefficient (Wildman–Crippen LogP) is 2.36. The van der Waals surface area contributed by atoms with Gasteiger partial charge in [0, 0.05) is 26.3 Å². The number of alkyl halides is 3. The molecule has 7 nitrogen and oxygen atoms in total. The highest BCUT2D eigenvalue weighted by Gasteiger charge is 2.31. The molecule has 28 heavy (non-hydrogen) atoms. The van der Waals surface area contributed by atoms with Gasteiger partial charge >= 0.3 is 6.18 Å². The van der Waals surface area contributed by atoms with E-state index in [1.54, 1.807) is 11.9 Å². The maximum atomic E-state index is 12.6. The van der Waals surface area contributed by atoms with Crippen molar-refractivity contribution in [2.75, 3.05) is 31.6 Å². The lowest BCUT2D eigenvalue weighted by Gasteiger charge is -2.23. The molecule has 0 spiro atoms. The van der Waals surface area contributed by atoms with Crippen LogP contribution >= 0.6 is 11.6 Å². The van der Waals surface area contributed by atoms with Gasteiger partial charge in [0.2, 0.25) is 5.91 Å². The maximum Gasteiger partial charge on any atom is 0.417 e. The Labute approximate surface area is 163 Å². The van der Waals surface area contributed by atoms with Gasteiger partial charge in [-0.1, -0.05) is 11.6 Å². The van der Waals surface area contributed by atoms with Gasteiger partial charge in [-0.3, -0.25) is 9.59 Å². The van der Waals surface area contributed by atoms with E-state index in [9.17, 15) is 22.8 Å². The molecule has 3 rings (SSSR count). The zero-order chi connectivity index (χ0) is 20.5. The highest BCUT2D eigenvalue weighted by molar-refractivity contribution is 6.33. The molecule has 150 valence electrons. The van der Waals surface area contributed by atoms with Crippen LogP contribution in [0.1, 0.15) is 18.4 Å². The summed E-state index contributed by atoms with van der Waals surface area (Å²) in [4.78, 5) is 31.7. The maximum absolute atomic E-state index is 12.6. The second kappa shape index (κ2) is 7.78. The zero-order valence-electron chi connectivity index (χ0n) is 14.9. The van der Waals surface area contributed by atoms with E-state index in [0.717, 1.165) is 29.7 Å². The molecule has 3 heterocycles. The molecule has 0 radical (unpaired) electrons. The second-order valence-electron chi connectivity index (χ2n) is 6.41. The first kappa shape index (κ1) is 20.1. The lowest BCUT2D eigenvalue weighted by atomic mass is 10.3. The number of hydrogen-bond acceptors (Lipinski definition) is 5. The second-order valence-corrected chi connectivity index (χ2v) is 6.79. The number of aromatic nitrogens is 3. The number of carbonyl (C=O) groups is 1. The van der Waals surface area contributed by atoms with Gasteiger partial charge in [0.15, 0.2) is 5.82 Å². The van der Waals surface area contributed by atoms with Crippen molar-refractivity contribution in [1.29, 1.82) is 0 Å². The molecule has 0 aromatic carbocycles. The van der Waals surface area contributed by atoms with Crippen molar-refractivity contribution in [2.45, 2.75) is 19.0 Å². The van der Waals surface area contributed by atoms with Gasteiger partial charge in [0.05, 0.1) is 24.0 Å². The molecule has 2 aromatic rings. The zero-order valence-corrected chi connectivity index (χ0v) is 15.7. The molecule has 0 aliphatic carbocycles. The molecule has 11 heteroatoms. The molecule has 0 atom stereocenters. The smallest absolute Gasteiger partial charge is 0.363 e. The Bertz CT molecular complexity index is 924. The Kier molecular flexibility index (Phi) is 5.59. The number of likely N-dealkylation sites (tertiary alicyclic amines) is 1. The number of hydrogen-bond donors (Lipinski definition) is 0. The third kappa shape index (κ3) is 4.11. The van der Waals surface area contributed by atoms with Crippen LogP contribution in [0.2, 0.25) is 5.02 Å². The van der Waals surface area contributed by atoms with Crippen LogP contribution in [0.5, 0.6) is 0 Å². The highest BCUT2D eigenvalue weighted by Crippen LogP contribution is 2.28. The quantitative estimate of drug-likeness (QED) is 0.766. The van der Waals surface area contributed by atoms with E-state index >= 15 is 0 Å². The van der Waals surface area contributed by atoms with E-state index < -0.39 is 17.3 Å². The monoisotopic (exact) mass is 415 g/mol. The predicted molar refractivity (Wildman–Crippen MR) is 96.7 cm³/mol. The number of nitrogens with zero attached hydrogens (tertiary/aromatic N) is 5. The van der Waals surface area contributed by atoms with Gasteiger partial charge in [0.25, 0.3) is 5.56 Å². The molecule has 1 fully saturated rings. The third-order valence-corrected chi connectivity index (χ3v) is 4.79. The largest absolute Gasteiger partial charge is 0.417 e. The first-order valence-corrected chi connectivity index (χ1v) is 8.86. The SMILES string of the molecule is CN(CC(=O)N1CCCC1)c1cnn(-c2ccc(C(F)(F)F)cn2)c(=O)c1Cl. The minimum absolute atomic E-state index is 0.0311. The number of carbonyl (C=O) groups excluding carboxylic acids is 1.